The van der Waals surface area contributed by atoms with Crippen LogP contribution in [0.3, 0.4) is 0 Å². The molecule has 8 aromatic carbocycles. The number of nitrogens with zero attached hydrogens (tertiary/aromatic N) is 4. The predicted molar refractivity (Wildman–Crippen MR) is 209 cm³/mol. The van der Waals surface area contributed by atoms with Crippen molar-refractivity contribution in [1.82, 2.24) is 18.9 Å². The standard InChI is InChI=1S/C46H26N4/c1-2-13-32(14-3-1)49-41-21-19-30(23-35(41)36-22-28-11-4-5-12-29(28)26-42(36)49)31-24-37-34-20-18-27-10-6-7-15-33(27)44(34)50-45(37)38(25-31)43-46(50)48-40-17-9-8-16-39(40)47-43/h1-26H. The first-order valence-electron chi connectivity index (χ1n) is 17.1. The first-order valence-corrected chi connectivity index (χ1v) is 17.1. The van der Waals surface area contributed by atoms with Crippen molar-refractivity contribution in [2.45, 2.75) is 0 Å². The Kier molecular flexibility index (Phi) is 4.94. The number of para-hydroxylation sites is 3. The van der Waals surface area contributed by atoms with E-state index in [1.54, 1.807) is 0 Å². The van der Waals surface area contributed by atoms with Crippen molar-refractivity contribution in [3.05, 3.63) is 158 Å². The molecule has 4 heteroatoms. The van der Waals surface area contributed by atoms with Gasteiger partial charge in [-0.3, -0.25) is 4.40 Å². The molecule has 0 aliphatic carbocycles. The van der Waals surface area contributed by atoms with Gasteiger partial charge in [-0.1, -0.05) is 97.1 Å². The van der Waals surface area contributed by atoms with Gasteiger partial charge in [0.15, 0.2) is 5.65 Å². The highest BCUT2D eigenvalue weighted by atomic mass is 15.0. The first-order chi connectivity index (χ1) is 24.8. The molecule has 0 bridgehead atoms. The smallest absolute Gasteiger partial charge is 0.165 e. The number of hydrogen-bond acceptors (Lipinski definition) is 2. The van der Waals surface area contributed by atoms with Crippen LogP contribution in [-0.2, 0) is 0 Å². The second kappa shape index (κ2) is 9.43. The van der Waals surface area contributed by atoms with Crippen LogP contribution in [0.1, 0.15) is 0 Å². The normalized spacial score (nSPS) is 12.4. The summed E-state index contributed by atoms with van der Waals surface area (Å²) in [6.07, 6.45) is 0. The molecule has 0 N–H and O–H groups in total. The Bertz CT molecular complexity index is 3370. The van der Waals surface area contributed by atoms with E-state index in [9.17, 15) is 0 Å². The number of benzene rings is 8. The third kappa shape index (κ3) is 3.39. The Balaban J connectivity index is 1.21. The summed E-state index contributed by atoms with van der Waals surface area (Å²) >= 11 is 0. The lowest BCUT2D eigenvalue weighted by Gasteiger charge is -2.09. The van der Waals surface area contributed by atoms with Crippen LogP contribution in [0.5, 0.6) is 0 Å². The largest absolute Gasteiger partial charge is 0.309 e. The summed E-state index contributed by atoms with van der Waals surface area (Å²) in [5.41, 5.74) is 11.9. The maximum Gasteiger partial charge on any atom is 0.165 e. The van der Waals surface area contributed by atoms with Crippen LogP contribution in [0.15, 0.2) is 158 Å². The van der Waals surface area contributed by atoms with Gasteiger partial charge in [-0.05, 0) is 87.9 Å². The molecule has 4 nitrogen and oxygen atoms in total. The van der Waals surface area contributed by atoms with Gasteiger partial charge < -0.3 is 4.57 Å². The van der Waals surface area contributed by atoms with E-state index in [4.69, 9.17) is 9.97 Å². The van der Waals surface area contributed by atoms with Gasteiger partial charge in [0.2, 0.25) is 0 Å². The molecule has 50 heavy (non-hydrogen) atoms. The van der Waals surface area contributed by atoms with Crippen molar-refractivity contribution in [3.63, 3.8) is 0 Å². The molecule has 0 saturated carbocycles. The minimum atomic E-state index is 0.903. The second-order valence-electron chi connectivity index (χ2n) is 13.4. The number of aromatic nitrogens is 4. The molecule has 0 amide bonds. The molecule has 0 spiro atoms. The van der Waals surface area contributed by atoms with E-state index in [0.29, 0.717) is 0 Å². The molecule has 0 saturated heterocycles. The lowest BCUT2D eigenvalue weighted by atomic mass is 9.98. The summed E-state index contributed by atoms with van der Waals surface area (Å²) in [5, 5.41) is 11.0. The average Bonchev–Trinajstić information content (AvgIpc) is 3.80. The molecule has 0 unspecified atom stereocenters. The zero-order valence-electron chi connectivity index (χ0n) is 26.8. The van der Waals surface area contributed by atoms with E-state index in [1.165, 1.54) is 76.3 Å². The van der Waals surface area contributed by atoms with Crippen LogP contribution in [0.25, 0.3) is 110 Å². The van der Waals surface area contributed by atoms with Gasteiger partial charge in [0, 0.05) is 38.0 Å². The van der Waals surface area contributed by atoms with Crippen molar-refractivity contribution in [3.8, 4) is 16.8 Å². The molecule has 4 heterocycles. The van der Waals surface area contributed by atoms with Crippen molar-refractivity contribution >= 4 is 92.7 Å². The first kappa shape index (κ1) is 26.2. The van der Waals surface area contributed by atoms with Crippen LogP contribution in [0.4, 0.5) is 0 Å². The average molecular weight is 635 g/mol. The lowest BCUT2D eigenvalue weighted by molar-refractivity contribution is 1.18. The highest BCUT2D eigenvalue weighted by molar-refractivity contribution is 6.27. The molecule has 4 aromatic heterocycles. The summed E-state index contributed by atoms with van der Waals surface area (Å²) in [7, 11) is 0. The number of rotatable bonds is 2. The molecule has 0 atom stereocenters. The van der Waals surface area contributed by atoms with Crippen molar-refractivity contribution in [1.29, 1.82) is 0 Å². The number of hydrogen-bond donors (Lipinski definition) is 0. The molecule has 12 aromatic rings. The summed E-state index contributed by atoms with van der Waals surface area (Å²) in [4.78, 5) is 10.5. The molecular formula is C46H26N4. The summed E-state index contributed by atoms with van der Waals surface area (Å²) < 4.78 is 4.77. The Labute approximate surface area is 285 Å². The van der Waals surface area contributed by atoms with Crippen LogP contribution in [0, 0.1) is 0 Å². The highest BCUT2D eigenvalue weighted by Crippen LogP contribution is 2.44. The van der Waals surface area contributed by atoms with Crippen molar-refractivity contribution in [2.75, 3.05) is 0 Å². The van der Waals surface area contributed by atoms with E-state index >= 15 is 0 Å². The monoisotopic (exact) mass is 634 g/mol. The number of fused-ring (bicyclic) bond motifs is 13. The molecule has 12 rings (SSSR count). The molecule has 0 aliphatic heterocycles. The Morgan fingerprint density at radius 1 is 0.380 bits per heavy atom. The quantitative estimate of drug-likeness (QED) is 0.190. The zero-order valence-corrected chi connectivity index (χ0v) is 26.8. The van der Waals surface area contributed by atoms with Crippen molar-refractivity contribution in [2.24, 2.45) is 0 Å². The molecule has 0 fully saturated rings. The fraction of sp³-hybridized carbons (Fsp3) is 0. The molecular weight excluding hydrogens is 609 g/mol. The van der Waals surface area contributed by atoms with E-state index < -0.39 is 0 Å². The van der Waals surface area contributed by atoms with E-state index in [2.05, 4.69) is 155 Å². The molecule has 0 radical (unpaired) electrons. The van der Waals surface area contributed by atoms with Gasteiger partial charge in [-0.15, -0.1) is 0 Å². The van der Waals surface area contributed by atoms with Crippen LogP contribution in [0.2, 0.25) is 0 Å². The zero-order chi connectivity index (χ0) is 32.5. The highest BCUT2D eigenvalue weighted by Gasteiger charge is 2.23. The maximum absolute atomic E-state index is 5.26. The van der Waals surface area contributed by atoms with E-state index in [-0.39, 0.29) is 0 Å². The van der Waals surface area contributed by atoms with Gasteiger partial charge >= 0.3 is 0 Å². The van der Waals surface area contributed by atoms with Gasteiger partial charge in [0.25, 0.3) is 0 Å². The minimum Gasteiger partial charge on any atom is -0.309 e. The lowest BCUT2D eigenvalue weighted by Crippen LogP contribution is -1.93. The summed E-state index contributed by atoms with van der Waals surface area (Å²) in [6, 6.07) is 57.1. The van der Waals surface area contributed by atoms with Crippen LogP contribution in [-0.4, -0.2) is 18.9 Å². The van der Waals surface area contributed by atoms with Crippen LogP contribution >= 0.6 is 0 Å². The van der Waals surface area contributed by atoms with Gasteiger partial charge in [-0.25, -0.2) is 9.97 Å². The van der Waals surface area contributed by atoms with Crippen LogP contribution < -0.4 is 0 Å². The summed E-state index contributed by atoms with van der Waals surface area (Å²) in [6.45, 7) is 0. The fourth-order valence-electron chi connectivity index (χ4n) is 8.53. The van der Waals surface area contributed by atoms with Crippen molar-refractivity contribution < 1.29 is 0 Å². The van der Waals surface area contributed by atoms with Gasteiger partial charge in [0.05, 0.1) is 33.1 Å². The maximum atomic E-state index is 5.26. The van der Waals surface area contributed by atoms with E-state index in [0.717, 1.165) is 33.3 Å². The predicted octanol–water partition coefficient (Wildman–Crippen LogP) is 11.9. The molecule has 0 aliphatic rings. The van der Waals surface area contributed by atoms with Gasteiger partial charge in [-0.2, -0.15) is 0 Å². The Hall–Kier alpha value is -6.78. The third-order valence-electron chi connectivity index (χ3n) is 10.7. The van der Waals surface area contributed by atoms with E-state index in [1.807, 2.05) is 12.1 Å². The minimum absolute atomic E-state index is 0.903. The fourth-order valence-corrected chi connectivity index (χ4v) is 8.53. The topological polar surface area (TPSA) is 35.1 Å². The Morgan fingerprint density at radius 3 is 1.90 bits per heavy atom. The molecule has 230 valence electrons. The second-order valence-corrected chi connectivity index (χ2v) is 13.4. The Morgan fingerprint density at radius 2 is 1.04 bits per heavy atom. The SMILES string of the molecule is c1ccc(-n2c3ccc(-c4cc5c6ccc7ccccc7c6n6c7nc8ccccc8nc7c(c4)c56)cc3c3cc4ccccc4cc32)cc1. The third-order valence-corrected chi connectivity index (χ3v) is 10.7. The van der Waals surface area contributed by atoms with Gasteiger partial charge in [0.1, 0.15) is 5.52 Å². The summed E-state index contributed by atoms with van der Waals surface area (Å²) in [5.74, 6) is 0.